The standard InChI is InChI=1S/C22H25N3O2S2/c1-3-5-20(26)24-15-6-4-7-16(11-15)28-13-21(27)25-22-18(12-23)17-9-8-14(2)10-19(17)29-22/h4,6-7,11,14H,3,5,8-10,13H2,1-2H3,(H,24,26)(H,25,27). The van der Waals surface area contributed by atoms with Gasteiger partial charge in [-0.2, -0.15) is 5.26 Å². The van der Waals surface area contributed by atoms with Crippen molar-refractivity contribution in [2.75, 3.05) is 16.4 Å². The van der Waals surface area contributed by atoms with Gasteiger partial charge in [-0.15, -0.1) is 23.1 Å². The third kappa shape index (κ3) is 5.62. The molecule has 1 aromatic heterocycles. The van der Waals surface area contributed by atoms with E-state index in [9.17, 15) is 14.9 Å². The molecule has 0 saturated carbocycles. The summed E-state index contributed by atoms with van der Waals surface area (Å²) in [5.41, 5.74) is 2.49. The van der Waals surface area contributed by atoms with Crippen LogP contribution in [0.2, 0.25) is 0 Å². The summed E-state index contributed by atoms with van der Waals surface area (Å²) in [5, 5.41) is 16.0. The summed E-state index contributed by atoms with van der Waals surface area (Å²) in [6.45, 7) is 4.19. The number of thiophene rings is 1. The van der Waals surface area contributed by atoms with Crippen LogP contribution >= 0.6 is 23.1 Å². The van der Waals surface area contributed by atoms with E-state index in [2.05, 4.69) is 23.6 Å². The Morgan fingerprint density at radius 2 is 2.14 bits per heavy atom. The summed E-state index contributed by atoms with van der Waals surface area (Å²) in [7, 11) is 0. The molecule has 0 saturated heterocycles. The molecule has 1 aliphatic rings. The maximum absolute atomic E-state index is 12.5. The van der Waals surface area contributed by atoms with E-state index in [0.29, 0.717) is 22.9 Å². The van der Waals surface area contributed by atoms with Gasteiger partial charge in [-0.05, 0) is 55.4 Å². The van der Waals surface area contributed by atoms with Crippen molar-refractivity contribution in [1.29, 1.82) is 5.26 Å². The van der Waals surface area contributed by atoms with E-state index in [4.69, 9.17) is 0 Å². The Bertz CT molecular complexity index is 946. The fourth-order valence-corrected chi connectivity index (χ4v) is 5.52. The Morgan fingerprint density at radius 1 is 1.31 bits per heavy atom. The number of rotatable bonds is 7. The molecule has 5 nitrogen and oxygen atoms in total. The number of benzene rings is 1. The average molecular weight is 428 g/mol. The lowest BCUT2D eigenvalue weighted by Gasteiger charge is -2.17. The second kappa shape index (κ2) is 9.95. The summed E-state index contributed by atoms with van der Waals surface area (Å²) in [4.78, 5) is 26.4. The van der Waals surface area contributed by atoms with E-state index in [-0.39, 0.29) is 17.6 Å². The molecule has 1 unspecified atom stereocenters. The van der Waals surface area contributed by atoms with Crippen LogP contribution in [0.15, 0.2) is 29.2 Å². The first kappa shape index (κ1) is 21.4. The number of carbonyl (C=O) groups excluding carboxylic acids is 2. The van der Waals surface area contributed by atoms with Gasteiger partial charge in [0.2, 0.25) is 11.8 Å². The lowest BCUT2D eigenvalue weighted by atomic mass is 9.89. The SMILES string of the molecule is CCCC(=O)Nc1cccc(SCC(=O)Nc2sc3c(c2C#N)CCC(C)C3)c1. The highest BCUT2D eigenvalue weighted by atomic mass is 32.2. The summed E-state index contributed by atoms with van der Waals surface area (Å²) in [5.74, 6) is 0.735. The van der Waals surface area contributed by atoms with E-state index >= 15 is 0 Å². The van der Waals surface area contributed by atoms with Crippen LogP contribution in [0.5, 0.6) is 0 Å². The van der Waals surface area contributed by atoms with Gasteiger partial charge in [0.05, 0.1) is 11.3 Å². The molecule has 0 fully saturated rings. The van der Waals surface area contributed by atoms with Gasteiger partial charge < -0.3 is 10.6 Å². The summed E-state index contributed by atoms with van der Waals surface area (Å²) in [6, 6.07) is 9.78. The molecule has 29 heavy (non-hydrogen) atoms. The molecular weight excluding hydrogens is 402 g/mol. The molecule has 2 amide bonds. The number of hydrogen-bond acceptors (Lipinski definition) is 5. The molecule has 1 aromatic carbocycles. The quantitative estimate of drug-likeness (QED) is 0.594. The van der Waals surface area contributed by atoms with Crippen molar-refractivity contribution >= 4 is 45.6 Å². The third-order valence-electron chi connectivity index (χ3n) is 4.84. The molecule has 2 aromatic rings. The molecule has 2 N–H and O–H groups in total. The molecule has 1 aliphatic carbocycles. The first-order valence-corrected chi connectivity index (χ1v) is 11.7. The second-order valence-electron chi connectivity index (χ2n) is 7.33. The Labute approximate surface area is 179 Å². The largest absolute Gasteiger partial charge is 0.326 e. The van der Waals surface area contributed by atoms with E-state index in [1.54, 1.807) is 11.3 Å². The topological polar surface area (TPSA) is 82.0 Å². The van der Waals surface area contributed by atoms with Crippen LogP contribution in [0, 0.1) is 17.2 Å². The minimum atomic E-state index is -0.126. The molecule has 1 atom stereocenters. The molecule has 0 bridgehead atoms. The van der Waals surface area contributed by atoms with Crippen LogP contribution in [0.4, 0.5) is 10.7 Å². The molecular formula is C22H25N3O2S2. The Hall–Kier alpha value is -2.30. The van der Waals surface area contributed by atoms with E-state index in [1.807, 2.05) is 31.2 Å². The van der Waals surface area contributed by atoms with Crippen LogP contribution in [-0.4, -0.2) is 17.6 Å². The molecule has 152 valence electrons. The summed E-state index contributed by atoms with van der Waals surface area (Å²) >= 11 is 2.95. The number of anilines is 2. The molecule has 0 radical (unpaired) electrons. The number of nitriles is 1. The fraction of sp³-hybridized carbons (Fsp3) is 0.409. The predicted octanol–water partition coefficient (Wildman–Crippen LogP) is 5.21. The maximum Gasteiger partial charge on any atom is 0.235 e. The van der Waals surface area contributed by atoms with Crippen LogP contribution in [0.3, 0.4) is 0 Å². The van der Waals surface area contributed by atoms with Gasteiger partial charge in [0.15, 0.2) is 0 Å². The monoisotopic (exact) mass is 427 g/mol. The van der Waals surface area contributed by atoms with Crippen molar-refractivity contribution in [2.45, 2.75) is 50.8 Å². The number of nitrogens with zero attached hydrogens (tertiary/aromatic N) is 1. The van der Waals surface area contributed by atoms with Crippen molar-refractivity contribution in [2.24, 2.45) is 5.92 Å². The van der Waals surface area contributed by atoms with Crippen molar-refractivity contribution in [3.05, 3.63) is 40.3 Å². The minimum Gasteiger partial charge on any atom is -0.326 e. The van der Waals surface area contributed by atoms with E-state index in [0.717, 1.165) is 41.8 Å². The van der Waals surface area contributed by atoms with Crippen LogP contribution in [0.1, 0.15) is 49.1 Å². The van der Waals surface area contributed by atoms with Gasteiger partial charge in [-0.25, -0.2) is 0 Å². The number of hydrogen-bond donors (Lipinski definition) is 2. The van der Waals surface area contributed by atoms with Gasteiger partial charge in [0.1, 0.15) is 11.1 Å². The lowest BCUT2D eigenvalue weighted by Crippen LogP contribution is -2.14. The lowest BCUT2D eigenvalue weighted by molar-refractivity contribution is -0.116. The third-order valence-corrected chi connectivity index (χ3v) is 7.00. The summed E-state index contributed by atoms with van der Waals surface area (Å²) in [6.07, 6.45) is 4.28. The number of thioether (sulfide) groups is 1. The van der Waals surface area contributed by atoms with Gasteiger partial charge in [-0.3, -0.25) is 9.59 Å². The van der Waals surface area contributed by atoms with E-state index < -0.39 is 0 Å². The second-order valence-corrected chi connectivity index (χ2v) is 9.48. The van der Waals surface area contributed by atoms with E-state index in [1.165, 1.54) is 16.6 Å². The Balaban J connectivity index is 1.60. The Morgan fingerprint density at radius 3 is 2.90 bits per heavy atom. The Kier molecular flexibility index (Phi) is 7.34. The zero-order valence-corrected chi connectivity index (χ0v) is 18.3. The smallest absolute Gasteiger partial charge is 0.235 e. The van der Waals surface area contributed by atoms with Gasteiger partial charge in [-0.1, -0.05) is 19.9 Å². The molecule has 0 aliphatic heterocycles. The zero-order valence-electron chi connectivity index (χ0n) is 16.7. The highest BCUT2D eigenvalue weighted by Gasteiger charge is 2.24. The molecule has 1 heterocycles. The van der Waals surface area contributed by atoms with Gasteiger partial charge in [0, 0.05) is 21.9 Å². The first-order chi connectivity index (χ1) is 14.0. The summed E-state index contributed by atoms with van der Waals surface area (Å²) < 4.78 is 0. The average Bonchev–Trinajstić information content (AvgIpc) is 3.02. The van der Waals surface area contributed by atoms with Crippen molar-refractivity contribution in [1.82, 2.24) is 0 Å². The number of amides is 2. The predicted molar refractivity (Wildman–Crippen MR) is 120 cm³/mol. The van der Waals surface area contributed by atoms with Crippen LogP contribution in [-0.2, 0) is 22.4 Å². The van der Waals surface area contributed by atoms with Crippen LogP contribution in [0.25, 0.3) is 0 Å². The molecule has 7 heteroatoms. The maximum atomic E-state index is 12.5. The van der Waals surface area contributed by atoms with Crippen molar-refractivity contribution in [3.63, 3.8) is 0 Å². The number of fused-ring (bicyclic) bond motifs is 1. The number of carbonyl (C=O) groups is 2. The highest BCUT2D eigenvalue weighted by Crippen LogP contribution is 2.39. The minimum absolute atomic E-state index is 0.00703. The van der Waals surface area contributed by atoms with Crippen molar-refractivity contribution in [3.8, 4) is 6.07 Å². The zero-order chi connectivity index (χ0) is 20.8. The van der Waals surface area contributed by atoms with Gasteiger partial charge in [0.25, 0.3) is 0 Å². The molecule has 0 spiro atoms. The number of nitrogens with one attached hydrogen (secondary N) is 2. The molecule has 3 rings (SSSR count). The van der Waals surface area contributed by atoms with Crippen molar-refractivity contribution < 1.29 is 9.59 Å². The highest BCUT2D eigenvalue weighted by molar-refractivity contribution is 8.00. The van der Waals surface area contributed by atoms with Gasteiger partial charge >= 0.3 is 0 Å². The fourth-order valence-electron chi connectivity index (χ4n) is 3.38. The normalized spacial score (nSPS) is 15.3. The first-order valence-electron chi connectivity index (χ1n) is 9.87. The van der Waals surface area contributed by atoms with Crippen LogP contribution < -0.4 is 10.6 Å².